The van der Waals surface area contributed by atoms with Gasteiger partial charge in [0.05, 0.1) is 43.5 Å². The average molecular weight is 690 g/mol. The third-order valence-electron chi connectivity index (χ3n) is 9.93. The molecule has 262 valence electrons. The number of rotatable bonds is 10. The molecule has 0 spiro atoms. The van der Waals surface area contributed by atoms with Crippen LogP contribution in [0, 0.1) is 11.3 Å². The minimum absolute atomic E-state index is 0.0165. The number of nitrogens with zero attached hydrogens (tertiary/aromatic N) is 8. The molecule has 0 bridgehead atoms. The van der Waals surface area contributed by atoms with Crippen molar-refractivity contribution in [3.05, 3.63) is 87.8 Å². The lowest BCUT2D eigenvalue weighted by Crippen LogP contribution is -2.49. The predicted octanol–water partition coefficient (Wildman–Crippen LogP) is 4.46. The van der Waals surface area contributed by atoms with Crippen molar-refractivity contribution < 1.29 is 27.8 Å². The van der Waals surface area contributed by atoms with E-state index in [0.29, 0.717) is 63.7 Å². The number of allylic oxidation sites excluding steroid dienone is 2. The van der Waals surface area contributed by atoms with Gasteiger partial charge in [-0.25, -0.2) is 4.98 Å². The minimum atomic E-state index is -4.67. The first kappa shape index (κ1) is 33.6. The van der Waals surface area contributed by atoms with Gasteiger partial charge in [-0.1, -0.05) is 6.08 Å². The number of halogens is 3. The zero-order valence-electron chi connectivity index (χ0n) is 27.7. The highest BCUT2D eigenvalue weighted by Gasteiger charge is 2.44. The summed E-state index contributed by atoms with van der Waals surface area (Å²) in [5.74, 6) is 1.08. The molecule has 0 atom stereocenters. The molecule has 2 N–H and O–H groups in total. The van der Waals surface area contributed by atoms with Gasteiger partial charge >= 0.3 is 6.18 Å². The van der Waals surface area contributed by atoms with E-state index in [4.69, 9.17) is 10.00 Å². The van der Waals surface area contributed by atoms with Crippen molar-refractivity contribution in [2.24, 2.45) is 7.05 Å². The Bertz CT molecular complexity index is 1890. The lowest BCUT2D eigenvalue weighted by molar-refractivity contribution is -0.138. The highest BCUT2D eigenvalue weighted by Crippen LogP contribution is 2.42. The second-order valence-corrected chi connectivity index (χ2v) is 13.3. The molecular formula is C35H38F3N9O3. The number of piperazine rings is 1. The van der Waals surface area contributed by atoms with Crippen LogP contribution in [0.25, 0.3) is 0 Å². The maximum atomic E-state index is 14.6. The van der Waals surface area contributed by atoms with Gasteiger partial charge in [0.1, 0.15) is 29.5 Å². The Hall–Kier alpha value is -4.94. The predicted molar refractivity (Wildman–Crippen MR) is 177 cm³/mol. The van der Waals surface area contributed by atoms with E-state index in [-0.39, 0.29) is 42.2 Å². The Labute approximate surface area is 287 Å². The van der Waals surface area contributed by atoms with Gasteiger partial charge in [-0.05, 0) is 59.9 Å². The van der Waals surface area contributed by atoms with Gasteiger partial charge in [0, 0.05) is 63.7 Å². The second kappa shape index (κ2) is 13.4. The minimum Gasteiger partial charge on any atom is -0.506 e. The summed E-state index contributed by atoms with van der Waals surface area (Å²) in [6.45, 7) is 3.48. The van der Waals surface area contributed by atoms with Gasteiger partial charge in [0.25, 0.3) is 5.91 Å². The Kier molecular flexibility index (Phi) is 9.00. The number of nitrogens with one attached hydrogen (secondary N) is 1. The number of aliphatic hydroxyl groups excluding tert-OH is 1. The first-order valence-electron chi connectivity index (χ1n) is 16.7. The fraction of sp³-hybridized carbons (Fsp3) is 0.457. The third-order valence-corrected chi connectivity index (χ3v) is 9.93. The number of aromatic nitrogens is 4. The van der Waals surface area contributed by atoms with E-state index in [1.807, 2.05) is 29.8 Å². The van der Waals surface area contributed by atoms with Crippen molar-refractivity contribution in [3.63, 3.8) is 0 Å². The summed E-state index contributed by atoms with van der Waals surface area (Å²) < 4.78 is 51.3. The number of nitriles is 1. The summed E-state index contributed by atoms with van der Waals surface area (Å²) in [7, 11) is 1.85. The zero-order chi connectivity index (χ0) is 35.0. The molecule has 5 heterocycles. The van der Waals surface area contributed by atoms with Gasteiger partial charge in [-0.15, -0.1) is 10.2 Å². The van der Waals surface area contributed by atoms with E-state index in [1.165, 1.54) is 11.0 Å². The number of benzene rings is 1. The largest absolute Gasteiger partial charge is 0.506 e. The van der Waals surface area contributed by atoms with Crippen LogP contribution in [0.1, 0.15) is 57.7 Å². The van der Waals surface area contributed by atoms with Crippen LogP contribution in [-0.4, -0.2) is 86.5 Å². The second-order valence-electron chi connectivity index (χ2n) is 13.3. The number of amides is 1. The van der Waals surface area contributed by atoms with Crippen LogP contribution < -0.4 is 10.2 Å². The SMILES string of the molecule is Cn1cnnc1CC1(c2cc(NCCC#N)nc(N3Cc4c(cc(CN5CCN(C6=CCCC=C6O)CC5)cc4C(F)(F)F)C3=O)c2)COC1. The molecule has 3 aliphatic heterocycles. The quantitative estimate of drug-likeness (QED) is 0.294. The van der Waals surface area contributed by atoms with Gasteiger partial charge in [-0.2, -0.15) is 18.4 Å². The average Bonchev–Trinajstić information content (AvgIpc) is 3.64. The van der Waals surface area contributed by atoms with E-state index in [2.05, 4.69) is 36.4 Å². The molecule has 2 fully saturated rings. The summed E-state index contributed by atoms with van der Waals surface area (Å²) >= 11 is 0. The number of carbonyl (C=O) groups is 1. The van der Waals surface area contributed by atoms with Gasteiger partial charge < -0.3 is 24.6 Å². The Morgan fingerprint density at radius 1 is 1.10 bits per heavy atom. The van der Waals surface area contributed by atoms with Crippen molar-refractivity contribution in [2.45, 2.75) is 50.4 Å². The standard InChI is InChI=1S/C35H38F3N9O3/c1-44-22-41-43-32(44)17-34(20-50-21-34)24-15-30(40-8-4-7-39)42-31(16-24)47-19-26-25(33(47)49)13-23(14-27(26)35(36,37)38)18-45-9-11-46(12-10-45)28-5-2-3-6-29(28)48/h5-6,13-16,22,48H,2-4,8-12,17-21H2,1H3,(H,40,42). The van der Waals surface area contributed by atoms with Crippen LogP contribution in [0.2, 0.25) is 0 Å². The molecule has 50 heavy (non-hydrogen) atoms. The Balaban J connectivity index is 1.16. The fourth-order valence-electron chi connectivity index (χ4n) is 7.13. The van der Waals surface area contributed by atoms with E-state index < -0.39 is 23.1 Å². The van der Waals surface area contributed by atoms with Crippen molar-refractivity contribution in [3.8, 4) is 6.07 Å². The number of hydrogen-bond acceptors (Lipinski definition) is 10. The molecular weight excluding hydrogens is 651 g/mol. The molecule has 0 saturated carbocycles. The summed E-state index contributed by atoms with van der Waals surface area (Å²) in [4.78, 5) is 24.2. The van der Waals surface area contributed by atoms with E-state index in [1.54, 1.807) is 18.5 Å². The molecule has 3 aromatic rings. The van der Waals surface area contributed by atoms with Crippen molar-refractivity contribution in [2.75, 3.05) is 56.2 Å². The summed E-state index contributed by atoms with van der Waals surface area (Å²) in [6, 6.07) is 8.43. The Morgan fingerprint density at radius 3 is 2.54 bits per heavy atom. The van der Waals surface area contributed by atoms with Crippen LogP contribution in [0.4, 0.5) is 24.8 Å². The number of ether oxygens (including phenoxy) is 1. The van der Waals surface area contributed by atoms with Crippen LogP contribution in [0.5, 0.6) is 0 Å². The van der Waals surface area contributed by atoms with E-state index in [0.717, 1.165) is 29.9 Å². The van der Waals surface area contributed by atoms with Crippen LogP contribution in [0.3, 0.4) is 0 Å². The molecule has 7 rings (SSSR count). The number of carbonyl (C=O) groups excluding carboxylic acids is 1. The highest BCUT2D eigenvalue weighted by atomic mass is 19.4. The number of aliphatic hydroxyl groups is 1. The molecule has 15 heteroatoms. The van der Waals surface area contributed by atoms with E-state index >= 15 is 0 Å². The summed E-state index contributed by atoms with van der Waals surface area (Å²) in [6.07, 6.45) is 3.13. The number of hydrogen-bond donors (Lipinski definition) is 2. The number of aryl methyl sites for hydroxylation is 1. The maximum Gasteiger partial charge on any atom is 0.416 e. The molecule has 12 nitrogen and oxygen atoms in total. The molecule has 4 aliphatic rings. The molecule has 1 aromatic carbocycles. The van der Waals surface area contributed by atoms with Crippen LogP contribution >= 0.6 is 0 Å². The van der Waals surface area contributed by atoms with Crippen molar-refractivity contribution >= 4 is 17.5 Å². The number of alkyl halides is 3. The summed E-state index contributed by atoms with van der Waals surface area (Å²) in [5.41, 5.74) is 0.618. The lowest BCUT2D eigenvalue weighted by atomic mass is 9.75. The van der Waals surface area contributed by atoms with Crippen LogP contribution in [-0.2, 0) is 42.9 Å². The van der Waals surface area contributed by atoms with Crippen molar-refractivity contribution in [1.29, 1.82) is 5.26 Å². The number of fused-ring (bicyclic) bond motifs is 1. The van der Waals surface area contributed by atoms with Gasteiger partial charge in [0.2, 0.25) is 0 Å². The van der Waals surface area contributed by atoms with Crippen LogP contribution in [0.15, 0.2) is 54.2 Å². The topological polar surface area (TPSA) is 136 Å². The third kappa shape index (κ3) is 6.52. The zero-order valence-corrected chi connectivity index (χ0v) is 27.7. The molecule has 0 radical (unpaired) electrons. The smallest absolute Gasteiger partial charge is 0.416 e. The van der Waals surface area contributed by atoms with E-state index in [9.17, 15) is 23.1 Å². The molecule has 2 saturated heterocycles. The maximum absolute atomic E-state index is 14.6. The number of pyridine rings is 1. The Morgan fingerprint density at radius 2 is 1.88 bits per heavy atom. The molecule has 2 aromatic heterocycles. The first-order chi connectivity index (χ1) is 24.0. The monoisotopic (exact) mass is 689 g/mol. The fourth-order valence-corrected chi connectivity index (χ4v) is 7.13. The lowest BCUT2D eigenvalue weighted by Gasteiger charge is -2.42. The molecule has 1 amide bonds. The van der Waals surface area contributed by atoms with Gasteiger partial charge in [-0.3, -0.25) is 14.6 Å². The molecule has 1 aliphatic carbocycles. The van der Waals surface area contributed by atoms with Gasteiger partial charge in [0.15, 0.2) is 0 Å². The highest BCUT2D eigenvalue weighted by molar-refractivity contribution is 6.10. The number of anilines is 2. The first-order valence-corrected chi connectivity index (χ1v) is 16.7. The summed E-state index contributed by atoms with van der Waals surface area (Å²) in [5, 5.41) is 30.8. The normalized spacial score (nSPS) is 19.1. The van der Waals surface area contributed by atoms with Crippen molar-refractivity contribution in [1.82, 2.24) is 29.5 Å². The molecule has 0 unspecified atom stereocenters.